The molecular weight excluding hydrogens is 354 g/mol. The number of aromatic nitrogens is 2. The molecule has 0 radical (unpaired) electrons. The average Bonchev–Trinajstić information content (AvgIpc) is 3.32. The van der Waals surface area contributed by atoms with Crippen LogP contribution in [-0.4, -0.2) is 18.0 Å². The van der Waals surface area contributed by atoms with Crippen molar-refractivity contribution in [2.24, 2.45) is 0 Å². The van der Waals surface area contributed by atoms with Gasteiger partial charge in [-0.25, -0.2) is 13.4 Å². The van der Waals surface area contributed by atoms with Crippen molar-refractivity contribution >= 4 is 27.0 Å². The molecule has 4 rings (SSSR count). The Hall–Kier alpha value is -2.12. The Labute approximate surface area is 151 Å². The van der Waals surface area contributed by atoms with Gasteiger partial charge in [-0.05, 0) is 42.7 Å². The summed E-state index contributed by atoms with van der Waals surface area (Å²) in [6, 6.07) is 11.0. The molecule has 0 unspecified atom stereocenters. The first-order valence-electron chi connectivity index (χ1n) is 8.33. The first-order valence-corrected chi connectivity index (χ1v) is 10.6. The third-order valence-electron chi connectivity index (χ3n) is 4.40. The van der Waals surface area contributed by atoms with Gasteiger partial charge in [-0.2, -0.15) is 0 Å². The number of rotatable bonds is 5. The molecule has 0 aliphatic carbocycles. The number of sulfonamides is 1. The number of nitrogens with zero attached hydrogens (tertiary/aromatic N) is 2. The van der Waals surface area contributed by atoms with Crippen LogP contribution in [0.15, 0.2) is 46.8 Å². The van der Waals surface area contributed by atoms with Crippen molar-refractivity contribution in [3.05, 3.63) is 53.3 Å². The molecule has 1 N–H and O–H groups in total. The van der Waals surface area contributed by atoms with E-state index in [1.165, 1.54) is 11.3 Å². The topological polar surface area (TPSA) is 64.0 Å². The molecule has 0 amide bonds. The maximum absolute atomic E-state index is 12.5. The number of hydrogen-bond donors (Lipinski definition) is 1. The van der Waals surface area contributed by atoms with Crippen LogP contribution in [-0.2, 0) is 29.4 Å². The van der Waals surface area contributed by atoms with Crippen molar-refractivity contribution in [3.63, 3.8) is 0 Å². The zero-order valence-corrected chi connectivity index (χ0v) is 15.5. The number of hydrogen-bond acceptors (Lipinski definition) is 4. The summed E-state index contributed by atoms with van der Waals surface area (Å²) in [4.78, 5) is 5.52. The molecule has 1 aliphatic heterocycles. The van der Waals surface area contributed by atoms with E-state index in [0.717, 1.165) is 47.8 Å². The average molecular weight is 374 g/mol. The summed E-state index contributed by atoms with van der Waals surface area (Å²) in [6.45, 7) is 3.01. The van der Waals surface area contributed by atoms with Crippen LogP contribution in [0.1, 0.15) is 24.0 Å². The van der Waals surface area contributed by atoms with Gasteiger partial charge in [0.15, 0.2) is 0 Å². The van der Waals surface area contributed by atoms with E-state index in [2.05, 4.69) is 14.3 Å². The summed E-state index contributed by atoms with van der Waals surface area (Å²) in [6.07, 6.45) is 4.89. The van der Waals surface area contributed by atoms with Crippen LogP contribution in [0.3, 0.4) is 0 Å². The van der Waals surface area contributed by atoms with Gasteiger partial charge in [0.2, 0.25) is 0 Å². The van der Waals surface area contributed by atoms with E-state index in [0.29, 0.717) is 9.90 Å². The van der Waals surface area contributed by atoms with Crippen molar-refractivity contribution < 1.29 is 8.42 Å². The maximum atomic E-state index is 12.5. The third kappa shape index (κ3) is 3.09. The standard InChI is InChI=1S/C18H19N3O2S2/c1-2-15-9-10-18(24-15)25(22,23)20-14-7-5-13(6-8-14)16-12-19-17-4-3-11-21(16)17/h5-10,12,20H,2-4,11H2,1H3. The Kier molecular flexibility index (Phi) is 4.13. The lowest BCUT2D eigenvalue weighted by Gasteiger charge is -2.08. The molecule has 1 aliphatic rings. The molecule has 5 nitrogen and oxygen atoms in total. The van der Waals surface area contributed by atoms with Crippen molar-refractivity contribution in [2.45, 2.75) is 36.9 Å². The van der Waals surface area contributed by atoms with E-state index >= 15 is 0 Å². The van der Waals surface area contributed by atoms with Crippen LogP contribution < -0.4 is 4.72 Å². The van der Waals surface area contributed by atoms with E-state index in [1.54, 1.807) is 18.2 Å². The van der Waals surface area contributed by atoms with Crippen LogP contribution >= 0.6 is 11.3 Å². The minimum absolute atomic E-state index is 0.349. The number of anilines is 1. The van der Waals surface area contributed by atoms with Gasteiger partial charge in [-0.3, -0.25) is 4.72 Å². The maximum Gasteiger partial charge on any atom is 0.271 e. The van der Waals surface area contributed by atoms with Crippen LogP contribution in [0.2, 0.25) is 0 Å². The molecule has 0 saturated heterocycles. The van der Waals surface area contributed by atoms with Gasteiger partial charge >= 0.3 is 0 Å². The number of aryl methyl sites for hydroxylation is 2. The zero-order valence-electron chi connectivity index (χ0n) is 13.9. The van der Waals surface area contributed by atoms with Crippen LogP contribution in [0.25, 0.3) is 11.3 Å². The van der Waals surface area contributed by atoms with E-state index < -0.39 is 10.0 Å². The molecule has 7 heteroatoms. The lowest BCUT2D eigenvalue weighted by molar-refractivity contribution is 0.603. The molecule has 3 aromatic rings. The van der Waals surface area contributed by atoms with Crippen LogP contribution in [0, 0.1) is 0 Å². The summed E-state index contributed by atoms with van der Waals surface area (Å²) >= 11 is 1.31. The number of thiophene rings is 1. The molecular formula is C18H19N3O2S2. The predicted molar refractivity (Wildman–Crippen MR) is 100 cm³/mol. The summed E-state index contributed by atoms with van der Waals surface area (Å²) in [5.41, 5.74) is 2.71. The minimum atomic E-state index is -3.53. The molecule has 130 valence electrons. The predicted octanol–water partition coefficient (Wildman–Crippen LogP) is 3.92. The number of nitrogens with one attached hydrogen (secondary N) is 1. The SMILES string of the molecule is CCc1ccc(S(=O)(=O)Nc2ccc(-c3cnc4n3CCC4)cc2)s1. The highest BCUT2D eigenvalue weighted by atomic mass is 32.2. The molecule has 0 atom stereocenters. The Bertz CT molecular complexity index is 1000. The smallest absolute Gasteiger partial charge is 0.271 e. The second-order valence-corrected chi connectivity index (χ2v) is 9.15. The highest BCUT2D eigenvalue weighted by molar-refractivity contribution is 7.94. The molecule has 0 spiro atoms. The fourth-order valence-corrected chi connectivity index (χ4v) is 5.45. The second-order valence-electron chi connectivity index (χ2n) is 6.07. The number of fused-ring (bicyclic) bond motifs is 1. The number of imidazole rings is 1. The summed E-state index contributed by atoms with van der Waals surface area (Å²) in [5.74, 6) is 1.13. The van der Waals surface area contributed by atoms with Crippen molar-refractivity contribution in [1.29, 1.82) is 0 Å². The van der Waals surface area contributed by atoms with Gasteiger partial charge in [-0.1, -0.05) is 19.1 Å². The Morgan fingerprint density at radius 1 is 1.20 bits per heavy atom. The highest BCUT2D eigenvalue weighted by Crippen LogP contribution is 2.28. The van der Waals surface area contributed by atoms with E-state index in [4.69, 9.17) is 0 Å². The fraction of sp³-hybridized carbons (Fsp3) is 0.278. The summed E-state index contributed by atoms with van der Waals surface area (Å²) in [7, 11) is -3.53. The Morgan fingerprint density at radius 3 is 2.72 bits per heavy atom. The Balaban J connectivity index is 1.56. The monoisotopic (exact) mass is 373 g/mol. The van der Waals surface area contributed by atoms with Gasteiger partial charge in [-0.15, -0.1) is 11.3 Å². The molecule has 0 fully saturated rings. The van der Waals surface area contributed by atoms with Crippen LogP contribution in [0.4, 0.5) is 5.69 Å². The largest absolute Gasteiger partial charge is 0.328 e. The Morgan fingerprint density at radius 2 is 2.00 bits per heavy atom. The van der Waals surface area contributed by atoms with E-state index in [1.807, 2.05) is 31.3 Å². The van der Waals surface area contributed by atoms with Crippen LogP contribution in [0.5, 0.6) is 0 Å². The molecule has 3 heterocycles. The van der Waals surface area contributed by atoms with Crippen molar-refractivity contribution in [2.75, 3.05) is 4.72 Å². The van der Waals surface area contributed by atoms with Gasteiger partial charge in [0.1, 0.15) is 10.0 Å². The van der Waals surface area contributed by atoms with Gasteiger partial charge in [0, 0.05) is 23.5 Å². The normalized spacial score (nSPS) is 13.8. The van der Waals surface area contributed by atoms with Crippen molar-refractivity contribution in [3.8, 4) is 11.3 Å². The third-order valence-corrected chi connectivity index (χ3v) is 7.51. The summed E-state index contributed by atoms with van der Waals surface area (Å²) in [5, 5.41) is 0. The second kappa shape index (κ2) is 6.31. The minimum Gasteiger partial charge on any atom is -0.328 e. The molecule has 0 saturated carbocycles. The molecule has 2 aromatic heterocycles. The molecule has 25 heavy (non-hydrogen) atoms. The molecule has 1 aromatic carbocycles. The van der Waals surface area contributed by atoms with E-state index in [-0.39, 0.29) is 0 Å². The van der Waals surface area contributed by atoms with Crippen molar-refractivity contribution in [1.82, 2.24) is 9.55 Å². The summed E-state index contributed by atoms with van der Waals surface area (Å²) < 4.78 is 30.2. The first kappa shape index (κ1) is 16.4. The van der Waals surface area contributed by atoms with Gasteiger partial charge in [0.05, 0.1) is 11.9 Å². The lowest BCUT2D eigenvalue weighted by Crippen LogP contribution is -2.11. The van der Waals surface area contributed by atoms with Gasteiger partial charge in [0.25, 0.3) is 10.0 Å². The lowest BCUT2D eigenvalue weighted by atomic mass is 10.1. The van der Waals surface area contributed by atoms with E-state index in [9.17, 15) is 8.42 Å². The highest BCUT2D eigenvalue weighted by Gasteiger charge is 2.18. The first-order chi connectivity index (χ1) is 12.1. The zero-order chi connectivity index (χ0) is 17.4. The molecule has 0 bridgehead atoms. The quantitative estimate of drug-likeness (QED) is 0.737. The fourth-order valence-electron chi connectivity index (χ4n) is 3.10. The van der Waals surface area contributed by atoms with Gasteiger partial charge < -0.3 is 4.57 Å². The number of benzene rings is 1.